The van der Waals surface area contributed by atoms with Crippen LogP contribution in [0.1, 0.15) is 23.2 Å². The first kappa shape index (κ1) is 15.6. The molecule has 0 radical (unpaired) electrons. The van der Waals surface area contributed by atoms with Crippen molar-refractivity contribution in [2.45, 2.75) is 19.5 Å². The Morgan fingerprint density at radius 3 is 3.12 bits per heavy atom. The fourth-order valence-corrected chi connectivity index (χ4v) is 3.10. The van der Waals surface area contributed by atoms with E-state index in [0.717, 1.165) is 22.3 Å². The van der Waals surface area contributed by atoms with Gasteiger partial charge in [-0.1, -0.05) is 18.2 Å². The number of rotatable bonds is 3. The molecule has 0 aliphatic carbocycles. The summed E-state index contributed by atoms with van der Waals surface area (Å²) in [5.41, 5.74) is 1.87. The topological polar surface area (TPSA) is 96.3 Å². The Morgan fingerprint density at radius 2 is 2.32 bits per heavy atom. The molecule has 4 rings (SSSR count). The number of aryl methyl sites for hydroxylation is 1. The molecule has 8 heteroatoms. The van der Waals surface area contributed by atoms with E-state index in [0.29, 0.717) is 32.1 Å². The number of nitrogens with zero attached hydrogens (tertiary/aromatic N) is 3. The van der Waals surface area contributed by atoms with Gasteiger partial charge in [-0.2, -0.15) is 5.10 Å². The molecule has 2 aromatic heterocycles. The predicted octanol–water partition coefficient (Wildman–Crippen LogP) is 2.14. The zero-order valence-corrected chi connectivity index (χ0v) is 13.9. The monoisotopic (exact) mass is 341 g/mol. The summed E-state index contributed by atoms with van der Waals surface area (Å²) in [6.45, 7) is 3.73. The van der Waals surface area contributed by atoms with Crippen molar-refractivity contribution in [1.82, 2.24) is 25.4 Å². The third-order valence-corrected chi connectivity index (χ3v) is 4.48. The van der Waals surface area contributed by atoms with Crippen LogP contribution in [0, 0.1) is 6.92 Å². The van der Waals surface area contributed by atoms with Gasteiger partial charge in [0.25, 0.3) is 0 Å². The van der Waals surface area contributed by atoms with Crippen molar-refractivity contribution < 1.29 is 13.9 Å². The Balaban J connectivity index is 1.48. The molecule has 1 aliphatic heterocycles. The van der Waals surface area contributed by atoms with E-state index in [9.17, 15) is 4.79 Å². The number of hydrogen-bond donors (Lipinski definition) is 2. The molecule has 1 aromatic carbocycles. The minimum atomic E-state index is -0.270. The molecule has 3 aromatic rings. The van der Waals surface area contributed by atoms with Crippen LogP contribution >= 0.6 is 0 Å². The van der Waals surface area contributed by atoms with Crippen molar-refractivity contribution in [3.8, 4) is 0 Å². The molecule has 8 nitrogen and oxygen atoms in total. The molecule has 25 heavy (non-hydrogen) atoms. The standard InChI is InChI=1S/C17H19N5O3/c1-11-12-4-2-3-5-14(12)25-15(11)8-18-17(23)22-6-7-24-9-13(22)16-19-10-20-21-16/h2-5,10,13H,6-9H2,1H3,(H,18,23)(H,19,20,21). The molecule has 1 atom stereocenters. The highest BCUT2D eigenvalue weighted by atomic mass is 16.5. The first-order chi connectivity index (χ1) is 12.2. The number of H-pyrrole nitrogens is 1. The number of furan rings is 1. The third kappa shape index (κ3) is 2.96. The van der Waals surface area contributed by atoms with Crippen LogP contribution in [0.5, 0.6) is 0 Å². The van der Waals surface area contributed by atoms with E-state index in [2.05, 4.69) is 20.5 Å². The van der Waals surface area contributed by atoms with Crippen LogP contribution in [-0.2, 0) is 11.3 Å². The summed E-state index contributed by atoms with van der Waals surface area (Å²) in [7, 11) is 0. The molecule has 2 amide bonds. The first-order valence-electron chi connectivity index (χ1n) is 8.18. The van der Waals surface area contributed by atoms with Gasteiger partial charge in [0.2, 0.25) is 0 Å². The second-order valence-corrected chi connectivity index (χ2v) is 5.96. The molecule has 0 spiro atoms. The van der Waals surface area contributed by atoms with E-state index < -0.39 is 0 Å². The number of para-hydroxylation sites is 1. The minimum Gasteiger partial charge on any atom is -0.459 e. The lowest BCUT2D eigenvalue weighted by atomic mass is 10.1. The van der Waals surface area contributed by atoms with E-state index in [-0.39, 0.29) is 12.1 Å². The van der Waals surface area contributed by atoms with Gasteiger partial charge >= 0.3 is 6.03 Å². The van der Waals surface area contributed by atoms with Crippen LogP contribution in [0.3, 0.4) is 0 Å². The van der Waals surface area contributed by atoms with E-state index in [1.807, 2.05) is 31.2 Å². The molecule has 1 unspecified atom stereocenters. The summed E-state index contributed by atoms with van der Waals surface area (Å²) >= 11 is 0. The maximum absolute atomic E-state index is 12.7. The SMILES string of the molecule is Cc1c(CNC(=O)N2CCOCC2c2ncn[nH]2)oc2ccccc12. The van der Waals surface area contributed by atoms with Gasteiger partial charge in [-0.3, -0.25) is 5.10 Å². The minimum absolute atomic E-state index is 0.176. The maximum atomic E-state index is 12.7. The van der Waals surface area contributed by atoms with E-state index in [1.54, 1.807) is 4.90 Å². The number of benzene rings is 1. The zero-order chi connectivity index (χ0) is 17.2. The fourth-order valence-electron chi connectivity index (χ4n) is 3.10. The Kier molecular flexibility index (Phi) is 4.10. The lowest BCUT2D eigenvalue weighted by Gasteiger charge is -2.34. The average molecular weight is 341 g/mol. The molecule has 3 heterocycles. The van der Waals surface area contributed by atoms with Gasteiger partial charge < -0.3 is 19.4 Å². The van der Waals surface area contributed by atoms with Crippen molar-refractivity contribution in [2.24, 2.45) is 0 Å². The smallest absolute Gasteiger partial charge is 0.318 e. The second kappa shape index (κ2) is 6.56. The third-order valence-electron chi connectivity index (χ3n) is 4.48. The van der Waals surface area contributed by atoms with Crippen molar-refractivity contribution in [3.05, 3.63) is 47.7 Å². The number of urea groups is 1. The Hall–Kier alpha value is -2.87. The molecule has 1 fully saturated rings. The number of morpholine rings is 1. The maximum Gasteiger partial charge on any atom is 0.318 e. The Bertz CT molecular complexity index is 874. The van der Waals surface area contributed by atoms with Gasteiger partial charge in [0.1, 0.15) is 29.5 Å². The molecule has 2 N–H and O–H groups in total. The highest BCUT2D eigenvalue weighted by molar-refractivity contribution is 5.82. The van der Waals surface area contributed by atoms with Crippen molar-refractivity contribution >= 4 is 17.0 Å². The quantitative estimate of drug-likeness (QED) is 0.761. The number of aromatic amines is 1. The highest BCUT2D eigenvalue weighted by Crippen LogP contribution is 2.25. The van der Waals surface area contributed by atoms with Gasteiger partial charge in [-0.15, -0.1) is 0 Å². The van der Waals surface area contributed by atoms with E-state index in [4.69, 9.17) is 9.15 Å². The summed E-state index contributed by atoms with van der Waals surface area (Å²) in [6, 6.07) is 7.40. The first-order valence-corrected chi connectivity index (χ1v) is 8.18. The van der Waals surface area contributed by atoms with Gasteiger partial charge in [0.05, 0.1) is 19.8 Å². The van der Waals surface area contributed by atoms with Crippen molar-refractivity contribution in [3.63, 3.8) is 0 Å². The lowest BCUT2D eigenvalue weighted by molar-refractivity contribution is 0.00857. The summed E-state index contributed by atoms with van der Waals surface area (Å²) in [6.07, 6.45) is 1.43. The van der Waals surface area contributed by atoms with Crippen molar-refractivity contribution in [1.29, 1.82) is 0 Å². The number of hydrogen-bond acceptors (Lipinski definition) is 5. The summed E-state index contributed by atoms with van der Waals surface area (Å²) in [5, 5.41) is 10.7. The second-order valence-electron chi connectivity index (χ2n) is 5.96. The molecule has 0 bridgehead atoms. The summed E-state index contributed by atoms with van der Waals surface area (Å²) in [4.78, 5) is 18.5. The largest absolute Gasteiger partial charge is 0.459 e. The highest BCUT2D eigenvalue weighted by Gasteiger charge is 2.30. The van der Waals surface area contributed by atoms with Crippen LogP contribution in [0.4, 0.5) is 4.79 Å². The Labute approximate surface area is 144 Å². The van der Waals surface area contributed by atoms with Crippen LogP contribution in [0.15, 0.2) is 35.0 Å². The lowest BCUT2D eigenvalue weighted by Crippen LogP contribution is -2.48. The summed E-state index contributed by atoms with van der Waals surface area (Å²) in [5.74, 6) is 1.38. The van der Waals surface area contributed by atoms with Crippen LogP contribution in [-0.4, -0.2) is 45.9 Å². The normalized spacial score (nSPS) is 17.8. The van der Waals surface area contributed by atoms with Gasteiger partial charge in [-0.05, 0) is 13.0 Å². The zero-order valence-electron chi connectivity index (χ0n) is 13.9. The van der Waals surface area contributed by atoms with Crippen LogP contribution in [0.25, 0.3) is 11.0 Å². The average Bonchev–Trinajstić information content (AvgIpc) is 3.29. The Morgan fingerprint density at radius 1 is 1.44 bits per heavy atom. The number of carbonyl (C=O) groups excluding carboxylic acids is 1. The van der Waals surface area contributed by atoms with Gasteiger partial charge in [0.15, 0.2) is 0 Å². The van der Waals surface area contributed by atoms with E-state index >= 15 is 0 Å². The van der Waals surface area contributed by atoms with E-state index in [1.165, 1.54) is 6.33 Å². The predicted molar refractivity (Wildman–Crippen MR) is 89.8 cm³/mol. The molecular weight excluding hydrogens is 322 g/mol. The van der Waals surface area contributed by atoms with Crippen molar-refractivity contribution in [2.75, 3.05) is 19.8 Å². The molecular formula is C17H19N5O3. The molecule has 0 saturated carbocycles. The number of carbonyl (C=O) groups is 1. The number of ether oxygens (including phenoxy) is 1. The van der Waals surface area contributed by atoms with Gasteiger partial charge in [0, 0.05) is 17.5 Å². The van der Waals surface area contributed by atoms with Gasteiger partial charge in [-0.25, -0.2) is 9.78 Å². The van der Waals surface area contributed by atoms with Crippen LogP contribution in [0.2, 0.25) is 0 Å². The number of aromatic nitrogens is 3. The summed E-state index contributed by atoms with van der Waals surface area (Å²) < 4.78 is 11.3. The fraction of sp³-hybridized carbons (Fsp3) is 0.353. The van der Waals surface area contributed by atoms with Crippen LogP contribution < -0.4 is 5.32 Å². The number of fused-ring (bicyclic) bond motifs is 1. The molecule has 1 saturated heterocycles. The number of amides is 2. The molecule has 130 valence electrons. The molecule has 1 aliphatic rings. The number of nitrogens with one attached hydrogen (secondary N) is 2.